The van der Waals surface area contributed by atoms with Crippen LogP contribution in [0.4, 0.5) is 0 Å². The lowest BCUT2D eigenvalue weighted by Crippen LogP contribution is -2.54. The van der Waals surface area contributed by atoms with Crippen molar-refractivity contribution in [3.8, 4) is 0 Å². The summed E-state index contributed by atoms with van der Waals surface area (Å²) in [5, 5.41) is 3.24. The molecule has 4 nitrogen and oxygen atoms in total. The normalized spacial score (nSPS) is 35.8. The fourth-order valence-electron chi connectivity index (χ4n) is 3.64. The molecule has 2 heterocycles. The molecule has 3 rings (SSSR count). The largest absolute Gasteiger partial charge is 0.366 e. The van der Waals surface area contributed by atoms with Gasteiger partial charge in [-0.05, 0) is 31.6 Å². The van der Waals surface area contributed by atoms with E-state index in [0.717, 1.165) is 19.0 Å². The number of hydrogen-bond donors (Lipinski definition) is 1. The number of carbonyl (C=O) groups excluding carboxylic acids is 1. The first-order chi connectivity index (χ1) is 8.36. The number of morpholine rings is 1. The number of hydrogen-bond acceptors (Lipinski definition) is 3. The van der Waals surface area contributed by atoms with E-state index in [2.05, 4.69) is 10.2 Å². The minimum atomic E-state index is -0.233. The number of likely N-dealkylation sites (tertiary alicyclic amines) is 1. The van der Waals surface area contributed by atoms with E-state index >= 15 is 0 Å². The van der Waals surface area contributed by atoms with E-state index in [0.29, 0.717) is 19.2 Å². The van der Waals surface area contributed by atoms with Crippen LogP contribution in [0.2, 0.25) is 0 Å². The molecule has 2 saturated heterocycles. The van der Waals surface area contributed by atoms with Crippen molar-refractivity contribution >= 4 is 18.3 Å². The number of ether oxygens (including phenoxy) is 1. The Hall–Kier alpha value is -0.320. The fourth-order valence-corrected chi connectivity index (χ4v) is 3.64. The second-order valence-electron chi connectivity index (χ2n) is 5.50. The van der Waals surface area contributed by atoms with Crippen LogP contribution in [0.1, 0.15) is 32.1 Å². The van der Waals surface area contributed by atoms with Crippen LogP contribution in [0.15, 0.2) is 0 Å². The molecule has 3 fully saturated rings. The van der Waals surface area contributed by atoms with E-state index in [-0.39, 0.29) is 24.4 Å². The zero-order chi connectivity index (χ0) is 11.7. The maximum absolute atomic E-state index is 12.5. The van der Waals surface area contributed by atoms with Gasteiger partial charge >= 0.3 is 0 Å². The van der Waals surface area contributed by atoms with Gasteiger partial charge in [0.25, 0.3) is 5.91 Å². The summed E-state index contributed by atoms with van der Waals surface area (Å²) in [6.07, 6.45) is 6.08. The molecule has 0 aromatic carbocycles. The lowest BCUT2D eigenvalue weighted by atomic mass is 9.91. The van der Waals surface area contributed by atoms with Crippen LogP contribution in [0.5, 0.6) is 0 Å². The molecule has 18 heavy (non-hydrogen) atoms. The monoisotopic (exact) mass is 274 g/mol. The highest BCUT2D eigenvalue weighted by molar-refractivity contribution is 5.85. The standard InChI is InChI=1S/C13H22N2O2.ClH/c16-13(12-9-14-6-8-17-12)15-7-2-4-10-3-1-5-11(10)15;/h10-12,14H,1-9H2;1H. The van der Waals surface area contributed by atoms with Gasteiger partial charge in [-0.25, -0.2) is 0 Å². The van der Waals surface area contributed by atoms with Crippen molar-refractivity contribution in [3.63, 3.8) is 0 Å². The van der Waals surface area contributed by atoms with Crippen LogP contribution >= 0.6 is 12.4 Å². The number of nitrogens with zero attached hydrogens (tertiary/aromatic N) is 1. The van der Waals surface area contributed by atoms with Gasteiger partial charge in [0.1, 0.15) is 6.10 Å². The summed E-state index contributed by atoms with van der Waals surface area (Å²) >= 11 is 0. The topological polar surface area (TPSA) is 41.6 Å². The molecule has 104 valence electrons. The second kappa shape index (κ2) is 6.22. The summed E-state index contributed by atoms with van der Waals surface area (Å²) in [7, 11) is 0. The van der Waals surface area contributed by atoms with E-state index in [1.807, 2.05) is 0 Å². The molecule has 3 unspecified atom stereocenters. The molecule has 0 spiro atoms. The number of nitrogens with one attached hydrogen (secondary N) is 1. The lowest BCUT2D eigenvalue weighted by molar-refractivity contribution is -0.150. The zero-order valence-electron chi connectivity index (χ0n) is 10.8. The van der Waals surface area contributed by atoms with Crippen LogP contribution in [-0.2, 0) is 9.53 Å². The third-order valence-electron chi connectivity index (χ3n) is 4.48. The maximum Gasteiger partial charge on any atom is 0.253 e. The van der Waals surface area contributed by atoms with Gasteiger partial charge in [-0.3, -0.25) is 4.79 Å². The first-order valence-corrected chi connectivity index (χ1v) is 6.99. The second-order valence-corrected chi connectivity index (χ2v) is 5.50. The molecule has 0 aromatic rings. The number of halogens is 1. The molecule has 2 aliphatic heterocycles. The predicted molar refractivity (Wildman–Crippen MR) is 71.9 cm³/mol. The van der Waals surface area contributed by atoms with Gasteiger partial charge in [-0.2, -0.15) is 0 Å². The van der Waals surface area contributed by atoms with Crippen molar-refractivity contribution in [3.05, 3.63) is 0 Å². The highest BCUT2D eigenvalue weighted by Gasteiger charge is 2.39. The Morgan fingerprint density at radius 3 is 2.83 bits per heavy atom. The summed E-state index contributed by atoms with van der Waals surface area (Å²) in [6.45, 7) is 3.17. The Kier molecular flexibility index (Phi) is 4.87. The third-order valence-corrected chi connectivity index (χ3v) is 4.48. The van der Waals surface area contributed by atoms with Crippen molar-refractivity contribution in [2.24, 2.45) is 5.92 Å². The van der Waals surface area contributed by atoms with Crippen LogP contribution in [0.25, 0.3) is 0 Å². The first-order valence-electron chi connectivity index (χ1n) is 6.99. The van der Waals surface area contributed by atoms with Gasteiger partial charge in [0, 0.05) is 25.7 Å². The average Bonchev–Trinajstić information content (AvgIpc) is 2.87. The average molecular weight is 275 g/mol. The molecule has 3 aliphatic rings. The molecule has 1 aliphatic carbocycles. The number of rotatable bonds is 1. The molecule has 0 bridgehead atoms. The van der Waals surface area contributed by atoms with E-state index in [4.69, 9.17) is 4.74 Å². The maximum atomic E-state index is 12.5. The van der Waals surface area contributed by atoms with Crippen LogP contribution in [0.3, 0.4) is 0 Å². The van der Waals surface area contributed by atoms with Gasteiger partial charge in [0.05, 0.1) is 6.61 Å². The minimum Gasteiger partial charge on any atom is -0.366 e. The number of amides is 1. The summed E-state index contributed by atoms with van der Waals surface area (Å²) in [5.74, 6) is 0.998. The smallest absolute Gasteiger partial charge is 0.253 e. The number of carbonyl (C=O) groups is 1. The Morgan fingerprint density at radius 1 is 1.22 bits per heavy atom. The van der Waals surface area contributed by atoms with Crippen molar-refractivity contribution < 1.29 is 9.53 Å². The molecule has 3 atom stereocenters. The van der Waals surface area contributed by atoms with Crippen molar-refractivity contribution in [2.45, 2.75) is 44.2 Å². The van der Waals surface area contributed by atoms with Gasteiger partial charge in [0.15, 0.2) is 0 Å². The third kappa shape index (κ3) is 2.65. The zero-order valence-corrected chi connectivity index (χ0v) is 11.6. The Morgan fingerprint density at radius 2 is 2.06 bits per heavy atom. The fraction of sp³-hybridized carbons (Fsp3) is 0.923. The van der Waals surface area contributed by atoms with Gasteiger partial charge in [-0.1, -0.05) is 6.42 Å². The Bertz CT molecular complexity index is 295. The predicted octanol–water partition coefficient (Wildman–Crippen LogP) is 1.19. The Balaban J connectivity index is 0.00000120. The van der Waals surface area contributed by atoms with Crippen molar-refractivity contribution in [1.29, 1.82) is 0 Å². The molecule has 0 radical (unpaired) electrons. The van der Waals surface area contributed by atoms with Crippen molar-refractivity contribution in [2.75, 3.05) is 26.2 Å². The molecule has 1 saturated carbocycles. The summed E-state index contributed by atoms with van der Waals surface area (Å²) in [5.41, 5.74) is 0. The highest BCUT2D eigenvalue weighted by Crippen LogP contribution is 2.37. The minimum absolute atomic E-state index is 0. The molecular formula is C13H23ClN2O2. The molecular weight excluding hydrogens is 252 g/mol. The van der Waals surface area contributed by atoms with E-state index in [1.165, 1.54) is 32.1 Å². The van der Waals surface area contributed by atoms with E-state index in [1.54, 1.807) is 0 Å². The summed E-state index contributed by atoms with van der Waals surface area (Å²) < 4.78 is 5.59. The summed E-state index contributed by atoms with van der Waals surface area (Å²) in [6, 6.07) is 0.516. The van der Waals surface area contributed by atoms with Crippen LogP contribution < -0.4 is 5.32 Å². The lowest BCUT2D eigenvalue weighted by Gasteiger charge is -2.40. The van der Waals surface area contributed by atoms with Crippen LogP contribution in [-0.4, -0.2) is 49.2 Å². The molecule has 1 N–H and O–H groups in total. The number of piperidine rings is 1. The number of fused-ring (bicyclic) bond motifs is 1. The highest BCUT2D eigenvalue weighted by atomic mass is 35.5. The van der Waals surface area contributed by atoms with E-state index < -0.39 is 0 Å². The van der Waals surface area contributed by atoms with Gasteiger partial charge in [-0.15, -0.1) is 12.4 Å². The molecule has 1 amide bonds. The molecule has 5 heteroatoms. The van der Waals surface area contributed by atoms with Gasteiger partial charge in [0.2, 0.25) is 0 Å². The molecule has 0 aromatic heterocycles. The summed E-state index contributed by atoms with van der Waals surface area (Å²) in [4.78, 5) is 14.6. The van der Waals surface area contributed by atoms with Crippen LogP contribution in [0, 0.1) is 5.92 Å². The van der Waals surface area contributed by atoms with E-state index in [9.17, 15) is 4.79 Å². The SMILES string of the molecule is Cl.O=C(C1CNCCO1)N1CCCC2CCCC21. The Labute approximate surface area is 115 Å². The quantitative estimate of drug-likeness (QED) is 0.781. The van der Waals surface area contributed by atoms with Gasteiger partial charge < -0.3 is 15.0 Å². The van der Waals surface area contributed by atoms with Crippen molar-refractivity contribution in [1.82, 2.24) is 10.2 Å². The first kappa shape index (κ1) is 14.1.